The van der Waals surface area contributed by atoms with Crippen molar-refractivity contribution in [2.24, 2.45) is 0 Å². The number of halogens is 1. The Kier molecular flexibility index (Phi) is 2.80. The molecular weight excluding hydrogens is 264 g/mol. The highest BCUT2D eigenvalue weighted by atomic mass is 35.5. The topological polar surface area (TPSA) is 46.8 Å². The smallest absolute Gasteiger partial charge is 0.155 e. The first-order chi connectivity index (χ1) is 9.20. The Morgan fingerprint density at radius 3 is 2.79 bits per heavy atom. The van der Waals surface area contributed by atoms with Gasteiger partial charge < -0.3 is 9.84 Å². The van der Waals surface area contributed by atoms with Crippen molar-refractivity contribution in [3.05, 3.63) is 47.7 Å². The largest absolute Gasteiger partial charge is 0.506 e. The van der Waals surface area contributed by atoms with Crippen molar-refractivity contribution in [2.45, 2.75) is 0 Å². The van der Waals surface area contributed by atoms with E-state index in [1.807, 2.05) is 24.3 Å². The Morgan fingerprint density at radius 2 is 2.00 bits per heavy atom. The summed E-state index contributed by atoms with van der Waals surface area (Å²) < 4.78 is 7.07. The van der Waals surface area contributed by atoms with Crippen LogP contribution in [0.5, 0.6) is 11.5 Å². The summed E-state index contributed by atoms with van der Waals surface area (Å²) in [5, 5.41) is 10.0. The molecule has 3 rings (SSSR count). The van der Waals surface area contributed by atoms with Gasteiger partial charge in [0.2, 0.25) is 0 Å². The standard InChI is InChI=1S/C14H11ClN2O2/c1-19-12-5-3-2-4-10(12)14-16-13(15)11-7-6-9(18)8-17(11)14/h2-8,18H,1H3. The number of imidazole rings is 1. The number of methoxy groups -OCH3 is 1. The molecule has 0 aliphatic heterocycles. The second-order valence-corrected chi connectivity index (χ2v) is 4.43. The summed E-state index contributed by atoms with van der Waals surface area (Å²) in [6.07, 6.45) is 1.58. The summed E-state index contributed by atoms with van der Waals surface area (Å²) in [5.74, 6) is 1.49. The Labute approximate surface area is 114 Å². The van der Waals surface area contributed by atoms with Gasteiger partial charge in [-0.25, -0.2) is 4.98 Å². The summed E-state index contributed by atoms with van der Waals surface area (Å²) in [6, 6.07) is 10.8. The van der Waals surface area contributed by atoms with Gasteiger partial charge in [0.25, 0.3) is 0 Å². The van der Waals surface area contributed by atoms with E-state index >= 15 is 0 Å². The minimum Gasteiger partial charge on any atom is -0.506 e. The molecule has 2 aromatic heterocycles. The van der Waals surface area contributed by atoms with E-state index in [-0.39, 0.29) is 5.75 Å². The molecule has 0 unspecified atom stereocenters. The first-order valence-corrected chi connectivity index (χ1v) is 6.08. The number of ether oxygens (including phenoxy) is 1. The van der Waals surface area contributed by atoms with Crippen LogP contribution in [0.25, 0.3) is 16.9 Å². The molecule has 1 aromatic carbocycles. The summed E-state index contributed by atoms with van der Waals surface area (Å²) in [4.78, 5) is 4.35. The molecule has 3 aromatic rings. The van der Waals surface area contributed by atoms with Crippen molar-refractivity contribution >= 4 is 17.1 Å². The molecule has 0 atom stereocenters. The number of nitrogens with zero attached hydrogens (tertiary/aromatic N) is 2. The lowest BCUT2D eigenvalue weighted by Crippen LogP contribution is -1.92. The van der Waals surface area contributed by atoms with Crippen molar-refractivity contribution in [2.75, 3.05) is 7.11 Å². The second-order valence-electron chi connectivity index (χ2n) is 4.07. The number of hydrogen-bond donors (Lipinski definition) is 1. The minimum atomic E-state index is 0.151. The van der Waals surface area contributed by atoms with Crippen LogP contribution in [0.3, 0.4) is 0 Å². The average Bonchev–Trinajstić information content (AvgIpc) is 2.75. The Balaban J connectivity index is 2.33. The number of benzene rings is 1. The molecule has 2 heterocycles. The fraction of sp³-hybridized carbons (Fsp3) is 0.0714. The first kappa shape index (κ1) is 11.9. The van der Waals surface area contributed by atoms with Gasteiger partial charge in [-0.2, -0.15) is 0 Å². The zero-order valence-electron chi connectivity index (χ0n) is 10.2. The summed E-state index contributed by atoms with van der Waals surface area (Å²) in [7, 11) is 1.60. The number of pyridine rings is 1. The number of rotatable bonds is 2. The molecule has 4 nitrogen and oxygen atoms in total. The molecule has 5 heteroatoms. The molecule has 96 valence electrons. The molecule has 0 aliphatic carbocycles. The van der Waals surface area contributed by atoms with Gasteiger partial charge in [0.1, 0.15) is 17.3 Å². The predicted octanol–water partition coefficient (Wildman–Crippen LogP) is 3.37. The Hall–Kier alpha value is -2.20. The van der Waals surface area contributed by atoms with Gasteiger partial charge in [0.05, 0.1) is 24.4 Å². The maximum Gasteiger partial charge on any atom is 0.155 e. The molecule has 0 saturated carbocycles. The third-order valence-corrected chi connectivity index (χ3v) is 3.20. The number of para-hydroxylation sites is 1. The molecular formula is C14H11ClN2O2. The third-order valence-electron chi connectivity index (χ3n) is 2.92. The Morgan fingerprint density at radius 1 is 1.21 bits per heavy atom. The van der Waals surface area contributed by atoms with Crippen LogP contribution in [0.2, 0.25) is 5.15 Å². The van der Waals surface area contributed by atoms with Gasteiger partial charge >= 0.3 is 0 Å². The van der Waals surface area contributed by atoms with Crippen LogP contribution in [0, 0.1) is 0 Å². The van der Waals surface area contributed by atoms with Gasteiger partial charge in [0, 0.05) is 0 Å². The molecule has 0 saturated heterocycles. The van der Waals surface area contributed by atoms with Crippen LogP contribution in [0.15, 0.2) is 42.6 Å². The van der Waals surface area contributed by atoms with E-state index in [0.717, 1.165) is 11.1 Å². The van der Waals surface area contributed by atoms with E-state index in [9.17, 15) is 5.11 Å². The zero-order chi connectivity index (χ0) is 13.4. The van der Waals surface area contributed by atoms with Crippen LogP contribution in [-0.2, 0) is 0 Å². The van der Waals surface area contributed by atoms with E-state index in [1.165, 1.54) is 0 Å². The monoisotopic (exact) mass is 274 g/mol. The first-order valence-electron chi connectivity index (χ1n) is 5.70. The van der Waals surface area contributed by atoms with Gasteiger partial charge in [-0.05, 0) is 24.3 Å². The predicted molar refractivity (Wildman–Crippen MR) is 73.9 cm³/mol. The van der Waals surface area contributed by atoms with Gasteiger partial charge in [0.15, 0.2) is 5.15 Å². The zero-order valence-corrected chi connectivity index (χ0v) is 10.9. The number of fused-ring (bicyclic) bond motifs is 1. The van der Waals surface area contributed by atoms with E-state index in [0.29, 0.717) is 16.7 Å². The van der Waals surface area contributed by atoms with E-state index < -0.39 is 0 Å². The highest BCUT2D eigenvalue weighted by molar-refractivity contribution is 6.32. The number of aromatic nitrogens is 2. The normalized spacial score (nSPS) is 10.8. The third kappa shape index (κ3) is 1.90. The van der Waals surface area contributed by atoms with Crippen molar-refractivity contribution in [3.8, 4) is 22.9 Å². The van der Waals surface area contributed by atoms with Crippen molar-refractivity contribution < 1.29 is 9.84 Å². The lowest BCUT2D eigenvalue weighted by molar-refractivity contribution is 0.416. The van der Waals surface area contributed by atoms with Gasteiger partial charge in [-0.15, -0.1) is 0 Å². The van der Waals surface area contributed by atoms with Gasteiger partial charge in [-0.1, -0.05) is 23.7 Å². The van der Waals surface area contributed by atoms with E-state index in [1.54, 1.807) is 29.8 Å². The average molecular weight is 275 g/mol. The van der Waals surface area contributed by atoms with Crippen LogP contribution < -0.4 is 4.74 Å². The maximum absolute atomic E-state index is 9.61. The molecule has 19 heavy (non-hydrogen) atoms. The lowest BCUT2D eigenvalue weighted by Gasteiger charge is -2.07. The van der Waals surface area contributed by atoms with Crippen LogP contribution in [0.4, 0.5) is 0 Å². The Bertz CT molecular complexity index is 752. The van der Waals surface area contributed by atoms with Crippen molar-refractivity contribution in [3.63, 3.8) is 0 Å². The number of hydrogen-bond acceptors (Lipinski definition) is 3. The highest BCUT2D eigenvalue weighted by Gasteiger charge is 2.14. The summed E-state index contributed by atoms with van der Waals surface area (Å²) >= 11 is 6.12. The summed E-state index contributed by atoms with van der Waals surface area (Å²) in [6.45, 7) is 0. The quantitative estimate of drug-likeness (QED) is 0.779. The summed E-state index contributed by atoms with van der Waals surface area (Å²) in [5.41, 5.74) is 1.55. The van der Waals surface area contributed by atoms with Crippen LogP contribution >= 0.6 is 11.6 Å². The molecule has 0 spiro atoms. The highest BCUT2D eigenvalue weighted by Crippen LogP contribution is 2.32. The van der Waals surface area contributed by atoms with E-state index in [4.69, 9.17) is 16.3 Å². The molecule has 0 radical (unpaired) electrons. The van der Waals surface area contributed by atoms with Crippen LogP contribution in [-0.4, -0.2) is 21.6 Å². The minimum absolute atomic E-state index is 0.151. The fourth-order valence-electron chi connectivity index (χ4n) is 2.06. The van der Waals surface area contributed by atoms with Crippen LogP contribution in [0.1, 0.15) is 0 Å². The fourth-order valence-corrected chi connectivity index (χ4v) is 2.29. The molecule has 0 aliphatic rings. The maximum atomic E-state index is 9.61. The molecule has 0 bridgehead atoms. The van der Waals surface area contributed by atoms with E-state index in [2.05, 4.69) is 4.98 Å². The van der Waals surface area contributed by atoms with Crippen molar-refractivity contribution in [1.82, 2.24) is 9.38 Å². The molecule has 0 amide bonds. The SMILES string of the molecule is COc1ccccc1-c1nc(Cl)c2ccc(O)cn12. The lowest BCUT2D eigenvalue weighted by atomic mass is 10.2. The number of aromatic hydroxyl groups is 1. The van der Waals surface area contributed by atoms with Crippen molar-refractivity contribution in [1.29, 1.82) is 0 Å². The van der Waals surface area contributed by atoms with Gasteiger partial charge in [-0.3, -0.25) is 4.40 Å². The second kappa shape index (κ2) is 4.48. The molecule has 1 N–H and O–H groups in total. The molecule has 0 fully saturated rings.